The average Bonchev–Trinajstić information content (AvgIpc) is 3.04. The van der Waals surface area contributed by atoms with Gasteiger partial charge in [0, 0.05) is 0 Å². The summed E-state index contributed by atoms with van der Waals surface area (Å²) >= 11 is 0. The van der Waals surface area contributed by atoms with Crippen LogP contribution >= 0.6 is 0 Å². The Morgan fingerprint density at radius 2 is 0.837 bits per heavy atom. The lowest BCUT2D eigenvalue weighted by molar-refractivity contribution is 0.706. The quantitative estimate of drug-likeness (QED) is 0.172. The van der Waals surface area contributed by atoms with E-state index in [4.69, 9.17) is 0 Å². The van der Waals surface area contributed by atoms with Gasteiger partial charge < -0.3 is 0 Å². The summed E-state index contributed by atoms with van der Waals surface area (Å²) in [5.41, 5.74) is 14.9. The van der Waals surface area contributed by atoms with Gasteiger partial charge in [-0.05, 0) is 87.9 Å². The van der Waals surface area contributed by atoms with E-state index in [2.05, 4.69) is 180 Å². The van der Waals surface area contributed by atoms with Crippen LogP contribution in [0.1, 0.15) is 64.3 Å². The van der Waals surface area contributed by atoms with Crippen LogP contribution in [0, 0.1) is 20.8 Å². The monoisotopic (exact) mass is 556 g/mol. The molecular formula is C43H40. The molecule has 0 amide bonds. The largest absolute Gasteiger partial charge is 0.0721 e. The summed E-state index contributed by atoms with van der Waals surface area (Å²) in [5, 5.41) is 0. The molecule has 6 rings (SSSR count). The van der Waals surface area contributed by atoms with E-state index in [-0.39, 0.29) is 0 Å². The molecule has 0 aliphatic carbocycles. The first-order valence-electron chi connectivity index (χ1n) is 15.4. The molecule has 212 valence electrons. The minimum atomic E-state index is -0.596. The molecule has 0 saturated heterocycles. The van der Waals surface area contributed by atoms with Crippen molar-refractivity contribution >= 4 is 0 Å². The zero-order valence-corrected chi connectivity index (χ0v) is 25.9. The van der Waals surface area contributed by atoms with Crippen LogP contribution < -0.4 is 0 Å². The fraction of sp³-hybridized carbons (Fsp3) is 0.163. The average molecular weight is 557 g/mol. The summed E-state index contributed by atoms with van der Waals surface area (Å²) in [7, 11) is 0. The topological polar surface area (TPSA) is 0 Å². The molecule has 0 aromatic heterocycles. The Morgan fingerprint density at radius 3 is 1.30 bits per heavy atom. The highest BCUT2D eigenvalue weighted by Crippen LogP contribution is 2.54. The lowest BCUT2D eigenvalue weighted by atomic mass is 9.59. The van der Waals surface area contributed by atoms with Gasteiger partial charge in [0.25, 0.3) is 0 Å². The molecule has 0 atom stereocenters. The second-order valence-corrected chi connectivity index (χ2v) is 12.1. The van der Waals surface area contributed by atoms with Crippen molar-refractivity contribution in [1.82, 2.24) is 0 Å². The van der Waals surface area contributed by atoms with Crippen molar-refractivity contribution in [3.05, 3.63) is 190 Å². The van der Waals surface area contributed by atoms with Gasteiger partial charge in [-0.15, -0.1) is 0 Å². The molecule has 0 N–H and O–H groups in total. The van der Waals surface area contributed by atoms with Gasteiger partial charge in [0.2, 0.25) is 0 Å². The molecule has 0 radical (unpaired) electrons. The third-order valence-corrected chi connectivity index (χ3v) is 8.87. The second kappa shape index (κ2) is 11.9. The van der Waals surface area contributed by atoms with E-state index in [1.165, 1.54) is 66.8 Å². The van der Waals surface area contributed by atoms with Gasteiger partial charge in [-0.1, -0.05) is 165 Å². The van der Waals surface area contributed by atoms with Crippen LogP contribution in [0.2, 0.25) is 0 Å². The number of aryl methyl sites for hydroxylation is 3. The highest BCUT2D eigenvalue weighted by Gasteiger charge is 2.45. The zero-order chi connectivity index (χ0) is 30.0. The summed E-state index contributed by atoms with van der Waals surface area (Å²) < 4.78 is 0. The smallest absolute Gasteiger partial charge is 0.0622 e. The minimum Gasteiger partial charge on any atom is -0.0622 e. The SMILES string of the molecule is Cc1cc(C)c(C(c2ccccc2-c2ccccc2)(c2ccccc2-c2ccccc2)c2ccccc2C(C)C)c(C)c1. The van der Waals surface area contributed by atoms with Crippen LogP contribution in [0.4, 0.5) is 0 Å². The van der Waals surface area contributed by atoms with Gasteiger partial charge in [-0.2, -0.15) is 0 Å². The molecule has 0 aliphatic rings. The number of hydrogen-bond donors (Lipinski definition) is 0. The van der Waals surface area contributed by atoms with E-state index in [1.807, 2.05) is 0 Å². The first-order chi connectivity index (χ1) is 20.9. The number of benzene rings is 6. The Kier molecular flexibility index (Phi) is 7.87. The molecule has 43 heavy (non-hydrogen) atoms. The lowest BCUT2D eigenvalue weighted by Gasteiger charge is -2.43. The number of rotatable bonds is 7. The molecule has 0 nitrogen and oxygen atoms in total. The fourth-order valence-corrected chi connectivity index (χ4v) is 7.31. The fourth-order valence-electron chi connectivity index (χ4n) is 7.31. The zero-order valence-electron chi connectivity index (χ0n) is 25.9. The van der Waals surface area contributed by atoms with Gasteiger partial charge in [-0.25, -0.2) is 0 Å². The molecule has 0 saturated carbocycles. The standard InChI is InChI=1S/C43H40/c1-30(2)36-22-12-15-25-39(36)43(42-32(4)28-31(3)29-33(42)5,40-26-16-13-23-37(40)34-18-8-6-9-19-34)41-27-17-14-24-38(41)35-20-10-7-11-21-35/h6-30H,1-5H3. The van der Waals surface area contributed by atoms with Crippen molar-refractivity contribution in [2.75, 3.05) is 0 Å². The summed E-state index contributed by atoms with van der Waals surface area (Å²) in [6, 6.07) is 53.8. The van der Waals surface area contributed by atoms with Crippen molar-refractivity contribution in [2.45, 2.75) is 46.0 Å². The molecule has 0 heterocycles. The third-order valence-electron chi connectivity index (χ3n) is 8.87. The van der Waals surface area contributed by atoms with Gasteiger partial charge in [0.15, 0.2) is 0 Å². The Hall–Kier alpha value is -4.68. The molecule has 0 spiro atoms. The predicted octanol–water partition coefficient (Wildman–Crippen LogP) is 11.5. The van der Waals surface area contributed by atoms with E-state index in [9.17, 15) is 0 Å². The summed E-state index contributed by atoms with van der Waals surface area (Å²) in [6.45, 7) is 11.5. The summed E-state index contributed by atoms with van der Waals surface area (Å²) in [5.74, 6) is 0.342. The van der Waals surface area contributed by atoms with Crippen molar-refractivity contribution in [3.8, 4) is 22.3 Å². The van der Waals surface area contributed by atoms with Crippen LogP contribution in [0.5, 0.6) is 0 Å². The second-order valence-electron chi connectivity index (χ2n) is 12.1. The molecule has 6 aromatic carbocycles. The van der Waals surface area contributed by atoms with Crippen molar-refractivity contribution in [2.24, 2.45) is 0 Å². The number of hydrogen-bond acceptors (Lipinski definition) is 0. The maximum Gasteiger partial charge on any atom is 0.0721 e. The van der Waals surface area contributed by atoms with Gasteiger partial charge in [-0.3, -0.25) is 0 Å². The van der Waals surface area contributed by atoms with Crippen molar-refractivity contribution < 1.29 is 0 Å². The van der Waals surface area contributed by atoms with E-state index in [0.29, 0.717) is 5.92 Å². The highest BCUT2D eigenvalue weighted by molar-refractivity contribution is 5.81. The first-order valence-corrected chi connectivity index (χ1v) is 15.4. The van der Waals surface area contributed by atoms with Gasteiger partial charge in [0.1, 0.15) is 0 Å². The Labute approximate surface area is 257 Å². The molecule has 6 aromatic rings. The molecule has 0 unspecified atom stereocenters. The third kappa shape index (κ3) is 5.02. The summed E-state index contributed by atoms with van der Waals surface area (Å²) in [6.07, 6.45) is 0. The minimum absolute atomic E-state index is 0.342. The maximum atomic E-state index is 2.39. The van der Waals surface area contributed by atoms with E-state index >= 15 is 0 Å². The van der Waals surface area contributed by atoms with Crippen LogP contribution in [0.3, 0.4) is 0 Å². The van der Waals surface area contributed by atoms with Gasteiger partial charge >= 0.3 is 0 Å². The predicted molar refractivity (Wildman–Crippen MR) is 184 cm³/mol. The van der Waals surface area contributed by atoms with Crippen LogP contribution in [-0.2, 0) is 5.41 Å². The first kappa shape index (κ1) is 28.4. The van der Waals surface area contributed by atoms with E-state index < -0.39 is 5.41 Å². The molecule has 0 fully saturated rings. The molecular weight excluding hydrogens is 516 g/mol. The van der Waals surface area contributed by atoms with Crippen molar-refractivity contribution in [3.63, 3.8) is 0 Å². The summed E-state index contributed by atoms with van der Waals surface area (Å²) in [4.78, 5) is 0. The van der Waals surface area contributed by atoms with Crippen molar-refractivity contribution in [1.29, 1.82) is 0 Å². The normalized spacial score (nSPS) is 11.6. The Bertz CT molecular complexity index is 1750. The maximum absolute atomic E-state index is 2.39. The molecule has 0 aliphatic heterocycles. The molecule has 0 heteroatoms. The van der Waals surface area contributed by atoms with E-state index in [0.717, 1.165) is 0 Å². The van der Waals surface area contributed by atoms with E-state index in [1.54, 1.807) is 0 Å². The highest BCUT2D eigenvalue weighted by atomic mass is 14.5. The van der Waals surface area contributed by atoms with Crippen LogP contribution in [-0.4, -0.2) is 0 Å². The Morgan fingerprint density at radius 1 is 0.442 bits per heavy atom. The van der Waals surface area contributed by atoms with Crippen LogP contribution in [0.15, 0.2) is 146 Å². The van der Waals surface area contributed by atoms with Crippen LogP contribution in [0.25, 0.3) is 22.3 Å². The van der Waals surface area contributed by atoms with Gasteiger partial charge in [0.05, 0.1) is 5.41 Å². The molecule has 0 bridgehead atoms. The lowest BCUT2D eigenvalue weighted by Crippen LogP contribution is -2.35. The Balaban J connectivity index is 1.91.